The highest BCUT2D eigenvalue weighted by Gasteiger charge is 2.10. The van der Waals surface area contributed by atoms with Gasteiger partial charge in [0.1, 0.15) is 5.75 Å². The van der Waals surface area contributed by atoms with Gasteiger partial charge in [0.25, 0.3) is 0 Å². The highest BCUT2D eigenvalue weighted by atomic mass is 35.5. The molecule has 2 nitrogen and oxygen atoms in total. The van der Waals surface area contributed by atoms with Crippen LogP contribution in [0.4, 0.5) is 0 Å². The first kappa shape index (κ1) is 13.9. The molecule has 0 aliphatic rings. The average molecular weight is 252 g/mol. The first-order valence-corrected chi connectivity index (χ1v) is 6.08. The molecular formula is C14H18ClNO. The summed E-state index contributed by atoms with van der Waals surface area (Å²) in [5, 5.41) is 4.11. The molecule has 1 aromatic carbocycles. The van der Waals surface area contributed by atoms with Gasteiger partial charge in [-0.2, -0.15) is 0 Å². The Balaban J connectivity index is 2.71. The Kier molecular flexibility index (Phi) is 5.90. The monoisotopic (exact) mass is 251 g/mol. The van der Waals surface area contributed by atoms with Crippen LogP contribution in [-0.2, 0) is 6.54 Å². The molecule has 0 aliphatic carbocycles. The van der Waals surface area contributed by atoms with Gasteiger partial charge in [0.15, 0.2) is 0 Å². The van der Waals surface area contributed by atoms with Crippen LogP contribution in [-0.4, -0.2) is 13.2 Å². The van der Waals surface area contributed by atoms with Gasteiger partial charge in [-0.25, -0.2) is 0 Å². The smallest absolute Gasteiger partial charge is 0.124 e. The fraction of sp³-hybridized carbons (Fsp3) is 0.429. The Morgan fingerprint density at radius 1 is 1.53 bits per heavy atom. The van der Waals surface area contributed by atoms with Gasteiger partial charge >= 0.3 is 0 Å². The average Bonchev–Trinajstić information content (AvgIpc) is 2.35. The minimum Gasteiger partial charge on any atom is -0.496 e. The molecule has 92 valence electrons. The Morgan fingerprint density at radius 3 is 2.88 bits per heavy atom. The lowest BCUT2D eigenvalue weighted by Gasteiger charge is -2.16. The summed E-state index contributed by atoms with van der Waals surface area (Å²) >= 11 is 6.15. The fourth-order valence-corrected chi connectivity index (χ4v) is 1.88. The van der Waals surface area contributed by atoms with Gasteiger partial charge in [-0.05, 0) is 18.6 Å². The SMILES string of the molecule is C#CCC(CC)NCc1c(Cl)cccc1OC. The number of hydrogen-bond donors (Lipinski definition) is 1. The second-order valence-corrected chi connectivity index (χ2v) is 4.22. The molecule has 0 aromatic heterocycles. The van der Waals surface area contributed by atoms with E-state index in [9.17, 15) is 0 Å². The van der Waals surface area contributed by atoms with Crippen LogP contribution in [0.1, 0.15) is 25.3 Å². The predicted octanol–water partition coefficient (Wildman–Crippen LogP) is 3.24. The van der Waals surface area contributed by atoms with E-state index in [1.165, 1.54) is 0 Å². The highest BCUT2D eigenvalue weighted by Crippen LogP contribution is 2.26. The van der Waals surface area contributed by atoms with Gasteiger partial charge in [0.05, 0.1) is 7.11 Å². The molecule has 0 saturated carbocycles. The number of hydrogen-bond acceptors (Lipinski definition) is 2. The summed E-state index contributed by atoms with van der Waals surface area (Å²) in [5.74, 6) is 3.48. The number of terminal acetylenes is 1. The molecule has 0 bridgehead atoms. The van der Waals surface area contributed by atoms with E-state index < -0.39 is 0 Å². The molecule has 17 heavy (non-hydrogen) atoms. The van der Waals surface area contributed by atoms with Crippen molar-refractivity contribution >= 4 is 11.6 Å². The first-order chi connectivity index (χ1) is 8.22. The van der Waals surface area contributed by atoms with Crippen LogP contribution in [0.5, 0.6) is 5.75 Å². The second kappa shape index (κ2) is 7.21. The zero-order chi connectivity index (χ0) is 12.7. The maximum absolute atomic E-state index is 6.15. The van der Waals surface area contributed by atoms with Crippen molar-refractivity contribution in [2.75, 3.05) is 7.11 Å². The Hall–Kier alpha value is -1.17. The van der Waals surface area contributed by atoms with Crippen LogP contribution >= 0.6 is 11.6 Å². The minimum absolute atomic E-state index is 0.320. The molecule has 1 atom stereocenters. The number of benzene rings is 1. The van der Waals surface area contributed by atoms with Crippen molar-refractivity contribution in [1.29, 1.82) is 0 Å². The number of ether oxygens (including phenoxy) is 1. The second-order valence-electron chi connectivity index (χ2n) is 3.81. The topological polar surface area (TPSA) is 21.3 Å². The van der Waals surface area contributed by atoms with Crippen LogP contribution in [0.25, 0.3) is 0 Å². The van der Waals surface area contributed by atoms with E-state index in [0.717, 1.165) is 24.2 Å². The lowest BCUT2D eigenvalue weighted by atomic mass is 10.1. The van der Waals surface area contributed by atoms with Crippen LogP contribution in [0.15, 0.2) is 18.2 Å². The number of nitrogens with one attached hydrogen (secondary N) is 1. The Bertz CT molecular complexity index is 398. The molecule has 0 aliphatic heterocycles. The van der Waals surface area contributed by atoms with E-state index in [1.54, 1.807) is 7.11 Å². The number of methoxy groups -OCH3 is 1. The van der Waals surface area contributed by atoms with E-state index in [-0.39, 0.29) is 0 Å². The van der Waals surface area contributed by atoms with Gasteiger partial charge in [-0.1, -0.05) is 24.6 Å². The van der Waals surface area contributed by atoms with Crippen molar-refractivity contribution in [2.45, 2.75) is 32.4 Å². The molecular weight excluding hydrogens is 234 g/mol. The number of halogens is 1. The van der Waals surface area contributed by atoms with Crippen LogP contribution in [0.3, 0.4) is 0 Å². The third-order valence-corrected chi connectivity index (χ3v) is 3.07. The van der Waals surface area contributed by atoms with Crippen LogP contribution in [0.2, 0.25) is 5.02 Å². The van der Waals surface area contributed by atoms with Crippen LogP contribution < -0.4 is 10.1 Å². The number of rotatable bonds is 6. The normalized spacial score (nSPS) is 11.9. The molecule has 1 rings (SSSR count). The van der Waals surface area contributed by atoms with Crippen molar-refractivity contribution in [3.8, 4) is 18.1 Å². The molecule has 0 heterocycles. The molecule has 0 saturated heterocycles. The summed E-state index contributed by atoms with van der Waals surface area (Å²) in [5.41, 5.74) is 0.979. The van der Waals surface area contributed by atoms with Crippen molar-refractivity contribution < 1.29 is 4.74 Å². The molecule has 0 spiro atoms. The van der Waals surface area contributed by atoms with E-state index in [1.807, 2.05) is 18.2 Å². The molecule has 1 aromatic rings. The van der Waals surface area contributed by atoms with Crippen LogP contribution in [0, 0.1) is 12.3 Å². The summed E-state index contributed by atoms with van der Waals surface area (Å²) in [6.45, 7) is 2.78. The molecule has 3 heteroatoms. The predicted molar refractivity (Wildman–Crippen MR) is 72.4 cm³/mol. The quantitative estimate of drug-likeness (QED) is 0.784. The summed E-state index contributed by atoms with van der Waals surface area (Å²) in [7, 11) is 1.65. The van der Waals surface area contributed by atoms with Gasteiger partial charge in [0, 0.05) is 29.6 Å². The highest BCUT2D eigenvalue weighted by molar-refractivity contribution is 6.31. The maximum Gasteiger partial charge on any atom is 0.124 e. The van der Waals surface area contributed by atoms with Gasteiger partial charge in [-0.15, -0.1) is 12.3 Å². The van der Waals surface area contributed by atoms with E-state index in [4.69, 9.17) is 22.8 Å². The lowest BCUT2D eigenvalue weighted by molar-refractivity contribution is 0.404. The standard InChI is InChI=1S/C14H18ClNO/c1-4-7-11(5-2)16-10-12-13(15)8-6-9-14(12)17-3/h1,6,8-9,11,16H,5,7,10H2,2-3H3. The Labute approximate surface area is 108 Å². The molecule has 0 amide bonds. The summed E-state index contributed by atoms with van der Waals surface area (Å²) in [6.07, 6.45) is 7.04. The molecule has 1 unspecified atom stereocenters. The van der Waals surface area contributed by atoms with Gasteiger partial charge in [-0.3, -0.25) is 0 Å². The zero-order valence-electron chi connectivity index (χ0n) is 10.3. The third-order valence-electron chi connectivity index (χ3n) is 2.72. The fourth-order valence-electron chi connectivity index (χ4n) is 1.65. The molecule has 0 radical (unpaired) electrons. The molecule has 1 N–H and O–H groups in total. The minimum atomic E-state index is 0.320. The molecule has 0 fully saturated rings. The van der Waals surface area contributed by atoms with E-state index >= 15 is 0 Å². The maximum atomic E-state index is 6.15. The van der Waals surface area contributed by atoms with E-state index in [0.29, 0.717) is 17.6 Å². The first-order valence-electron chi connectivity index (χ1n) is 5.71. The summed E-state index contributed by atoms with van der Waals surface area (Å²) < 4.78 is 5.29. The largest absolute Gasteiger partial charge is 0.496 e. The van der Waals surface area contributed by atoms with Crippen molar-refractivity contribution in [2.24, 2.45) is 0 Å². The van der Waals surface area contributed by atoms with Crippen molar-refractivity contribution in [3.05, 3.63) is 28.8 Å². The lowest BCUT2D eigenvalue weighted by Crippen LogP contribution is -2.27. The van der Waals surface area contributed by atoms with Gasteiger partial charge < -0.3 is 10.1 Å². The summed E-state index contributed by atoms with van der Waals surface area (Å²) in [6, 6.07) is 5.97. The summed E-state index contributed by atoms with van der Waals surface area (Å²) in [4.78, 5) is 0. The van der Waals surface area contributed by atoms with E-state index in [2.05, 4.69) is 18.2 Å². The zero-order valence-corrected chi connectivity index (χ0v) is 11.1. The van der Waals surface area contributed by atoms with Crippen molar-refractivity contribution in [1.82, 2.24) is 5.32 Å². The third kappa shape index (κ3) is 3.96. The Morgan fingerprint density at radius 2 is 2.29 bits per heavy atom. The van der Waals surface area contributed by atoms with Crippen molar-refractivity contribution in [3.63, 3.8) is 0 Å². The van der Waals surface area contributed by atoms with Gasteiger partial charge in [0.2, 0.25) is 0 Å².